The molecule has 1 aliphatic rings. The lowest BCUT2D eigenvalue weighted by Crippen LogP contribution is -2.30. The molecule has 2 atom stereocenters. The van der Waals surface area contributed by atoms with Crippen LogP contribution in [0.3, 0.4) is 0 Å². The molecule has 0 bridgehead atoms. The first kappa shape index (κ1) is 15.8. The van der Waals surface area contributed by atoms with Gasteiger partial charge in [-0.2, -0.15) is 0 Å². The third-order valence-corrected chi connectivity index (χ3v) is 4.39. The molecule has 0 heterocycles. The number of nitrogens with one attached hydrogen (secondary N) is 1. The van der Waals surface area contributed by atoms with Crippen LogP contribution in [-0.4, -0.2) is 23.9 Å². The van der Waals surface area contributed by atoms with Gasteiger partial charge in [-0.15, -0.1) is 0 Å². The monoisotopic (exact) mass is 341 g/mol. The zero-order valence-corrected chi connectivity index (χ0v) is 13.7. The number of halogens is 1. The Morgan fingerprint density at radius 3 is 2.85 bits per heavy atom. The summed E-state index contributed by atoms with van der Waals surface area (Å²) < 4.78 is 6.98. The maximum atomic E-state index is 10.1. The summed E-state index contributed by atoms with van der Waals surface area (Å²) in [5.41, 5.74) is 1.23. The van der Waals surface area contributed by atoms with E-state index in [-0.39, 0.29) is 12.2 Å². The van der Waals surface area contributed by atoms with Crippen molar-refractivity contribution in [1.29, 1.82) is 0 Å². The van der Waals surface area contributed by atoms with Gasteiger partial charge < -0.3 is 15.2 Å². The van der Waals surface area contributed by atoms with E-state index in [9.17, 15) is 5.11 Å². The second-order valence-corrected chi connectivity index (χ2v) is 6.26. The van der Waals surface area contributed by atoms with E-state index in [0.29, 0.717) is 0 Å². The molecule has 1 aliphatic carbocycles. The summed E-state index contributed by atoms with van der Waals surface area (Å²) in [5.74, 6) is 0.830. The minimum Gasteiger partial charge on any atom is -0.487 e. The Labute approximate surface area is 129 Å². The summed E-state index contributed by atoms with van der Waals surface area (Å²) >= 11 is 3.57. The van der Waals surface area contributed by atoms with Crippen LogP contribution in [0.4, 0.5) is 0 Å². The fourth-order valence-corrected chi connectivity index (χ4v) is 3.09. The molecule has 0 spiro atoms. The Morgan fingerprint density at radius 2 is 2.10 bits per heavy atom. The summed E-state index contributed by atoms with van der Waals surface area (Å²) in [6, 6.07) is 6.15. The number of hydrogen-bond donors (Lipinski definition) is 2. The standard InChI is InChI=1S/C16H24BrNO2/c1-2-18-11-12-8-9-15(13(17)10-12)20-16-7-5-3-4-6-14(16)19/h8-10,14,16,18-19H,2-7,11H2,1H3. The number of benzene rings is 1. The smallest absolute Gasteiger partial charge is 0.134 e. The first-order valence-corrected chi connectivity index (χ1v) is 8.34. The number of aliphatic hydroxyl groups is 1. The number of ether oxygens (including phenoxy) is 1. The van der Waals surface area contributed by atoms with E-state index in [4.69, 9.17) is 4.74 Å². The Balaban J connectivity index is 2.01. The van der Waals surface area contributed by atoms with Crippen molar-refractivity contribution in [1.82, 2.24) is 5.32 Å². The van der Waals surface area contributed by atoms with Crippen molar-refractivity contribution >= 4 is 15.9 Å². The molecule has 2 unspecified atom stereocenters. The van der Waals surface area contributed by atoms with Crippen LogP contribution in [0.2, 0.25) is 0 Å². The zero-order valence-electron chi connectivity index (χ0n) is 12.1. The van der Waals surface area contributed by atoms with E-state index >= 15 is 0 Å². The lowest BCUT2D eigenvalue weighted by atomic mass is 10.1. The molecule has 0 saturated heterocycles. The van der Waals surface area contributed by atoms with Gasteiger partial charge in [0.05, 0.1) is 10.6 Å². The predicted molar refractivity (Wildman–Crippen MR) is 85.0 cm³/mol. The van der Waals surface area contributed by atoms with E-state index in [1.54, 1.807) is 0 Å². The molecule has 1 aromatic carbocycles. The van der Waals surface area contributed by atoms with Crippen LogP contribution in [0, 0.1) is 0 Å². The van der Waals surface area contributed by atoms with Gasteiger partial charge in [0.2, 0.25) is 0 Å². The van der Waals surface area contributed by atoms with Crippen molar-refractivity contribution in [3.8, 4) is 5.75 Å². The average Bonchev–Trinajstić information content (AvgIpc) is 2.64. The van der Waals surface area contributed by atoms with Crippen molar-refractivity contribution in [2.75, 3.05) is 6.54 Å². The molecule has 0 aliphatic heterocycles. The van der Waals surface area contributed by atoms with Crippen LogP contribution in [0.1, 0.15) is 44.6 Å². The molecule has 0 aromatic heterocycles. The number of hydrogen-bond acceptors (Lipinski definition) is 3. The molecule has 0 amide bonds. The fraction of sp³-hybridized carbons (Fsp3) is 0.625. The molecule has 1 aromatic rings. The molecule has 1 saturated carbocycles. The van der Waals surface area contributed by atoms with Crippen molar-refractivity contribution in [3.05, 3.63) is 28.2 Å². The maximum absolute atomic E-state index is 10.1. The van der Waals surface area contributed by atoms with E-state index in [1.165, 1.54) is 12.0 Å². The Hall–Kier alpha value is -0.580. The Morgan fingerprint density at radius 1 is 1.30 bits per heavy atom. The van der Waals surface area contributed by atoms with Gasteiger partial charge in [-0.1, -0.05) is 25.8 Å². The Kier molecular flexibility index (Phi) is 6.33. The molecule has 0 radical (unpaired) electrons. The van der Waals surface area contributed by atoms with Gasteiger partial charge in [-0.25, -0.2) is 0 Å². The molecule has 20 heavy (non-hydrogen) atoms. The van der Waals surface area contributed by atoms with Crippen LogP contribution >= 0.6 is 15.9 Å². The van der Waals surface area contributed by atoms with Crippen molar-refractivity contribution in [3.63, 3.8) is 0 Å². The highest BCUT2D eigenvalue weighted by Gasteiger charge is 2.23. The van der Waals surface area contributed by atoms with Gasteiger partial charge in [0.15, 0.2) is 0 Å². The van der Waals surface area contributed by atoms with Gasteiger partial charge in [0.1, 0.15) is 11.9 Å². The molecule has 1 fully saturated rings. The summed E-state index contributed by atoms with van der Waals surface area (Å²) in [5, 5.41) is 13.4. The van der Waals surface area contributed by atoms with Gasteiger partial charge in [0, 0.05) is 6.54 Å². The highest BCUT2D eigenvalue weighted by Crippen LogP contribution is 2.30. The predicted octanol–water partition coefficient (Wildman–Crippen LogP) is 3.63. The summed E-state index contributed by atoms with van der Waals surface area (Å²) in [6.07, 6.45) is 4.80. The third-order valence-electron chi connectivity index (χ3n) is 3.77. The molecular weight excluding hydrogens is 318 g/mol. The van der Waals surface area contributed by atoms with Crippen molar-refractivity contribution in [2.24, 2.45) is 0 Å². The van der Waals surface area contributed by atoms with Crippen molar-refractivity contribution in [2.45, 2.75) is 57.8 Å². The quantitative estimate of drug-likeness (QED) is 0.803. The topological polar surface area (TPSA) is 41.5 Å². The lowest BCUT2D eigenvalue weighted by molar-refractivity contribution is 0.0315. The van der Waals surface area contributed by atoms with Gasteiger partial charge >= 0.3 is 0 Å². The van der Waals surface area contributed by atoms with E-state index in [1.807, 2.05) is 6.07 Å². The maximum Gasteiger partial charge on any atom is 0.134 e. The highest BCUT2D eigenvalue weighted by atomic mass is 79.9. The molecule has 112 valence electrons. The van der Waals surface area contributed by atoms with Gasteiger partial charge in [0.25, 0.3) is 0 Å². The molecule has 4 heteroatoms. The average molecular weight is 342 g/mol. The summed E-state index contributed by atoms with van der Waals surface area (Å²) in [6.45, 7) is 3.92. The molecular formula is C16H24BrNO2. The van der Waals surface area contributed by atoms with Gasteiger partial charge in [-0.05, 0) is 59.4 Å². The van der Waals surface area contributed by atoms with Crippen LogP contribution < -0.4 is 10.1 Å². The van der Waals surface area contributed by atoms with Crippen LogP contribution in [0.15, 0.2) is 22.7 Å². The first-order valence-electron chi connectivity index (χ1n) is 7.54. The van der Waals surface area contributed by atoms with Crippen LogP contribution in [0.25, 0.3) is 0 Å². The highest BCUT2D eigenvalue weighted by molar-refractivity contribution is 9.10. The van der Waals surface area contributed by atoms with Crippen molar-refractivity contribution < 1.29 is 9.84 Å². The second-order valence-electron chi connectivity index (χ2n) is 5.41. The minimum atomic E-state index is -0.342. The van der Waals surface area contributed by atoms with Crippen LogP contribution in [0.5, 0.6) is 5.75 Å². The van der Waals surface area contributed by atoms with E-state index < -0.39 is 0 Å². The normalized spacial score (nSPS) is 23.4. The lowest BCUT2D eigenvalue weighted by Gasteiger charge is -2.23. The largest absolute Gasteiger partial charge is 0.487 e. The number of rotatable bonds is 5. The zero-order chi connectivity index (χ0) is 14.4. The first-order chi connectivity index (χ1) is 9.70. The molecule has 3 nitrogen and oxygen atoms in total. The summed E-state index contributed by atoms with van der Waals surface area (Å²) in [7, 11) is 0. The molecule has 2 rings (SSSR count). The number of aliphatic hydroxyl groups excluding tert-OH is 1. The SMILES string of the molecule is CCNCc1ccc(OC2CCCCCC2O)c(Br)c1. The van der Waals surface area contributed by atoms with Gasteiger partial charge in [-0.3, -0.25) is 0 Å². The second kappa shape index (κ2) is 8.01. The van der Waals surface area contributed by atoms with E-state index in [2.05, 4.69) is 40.3 Å². The van der Waals surface area contributed by atoms with E-state index in [0.717, 1.165) is 49.0 Å². The molecule has 2 N–H and O–H groups in total. The summed E-state index contributed by atoms with van der Waals surface area (Å²) in [4.78, 5) is 0. The third kappa shape index (κ3) is 4.47. The fourth-order valence-electron chi connectivity index (χ4n) is 2.57. The minimum absolute atomic E-state index is 0.0755. The Bertz CT molecular complexity index is 425. The van der Waals surface area contributed by atoms with Crippen LogP contribution in [-0.2, 0) is 6.54 Å².